The highest BCUT2D eigenvalue weighted by molar-refractivity contribution is 7.89. The molecule has 31 heavy (non-hydrogen) atoms. The van der Waals surface area contributed by atoms with Gasteiger partial charge in [0.25, 0.3) is 5.91 Å². The summed E-state index contributed by atoms with van der Waals surface area (Å²) in [5.41, 5.74) is 1.32. The van der Waals surface area contributed by atoms with Crippen LogP contribution in [0.4, 0.5) is 0 Å². The van der Waals surface area contributed by atoms with Gasteiger partial charge in [-0.15, -0.1) is 0 Å². The van der Waals surface area contributed by atoms with E-state index in [-0.39, 0.29) is 18.2 Å². The number of nitrogens with zero attached hydrogens (tertiary/aromatic N) is 2. The maximum Gasteiger partial charge on any atom is 0.251 e. The van der Waals surface area contributed by atoms with E-state index < -0.39 is 10.0 Å². The monoisotopic (exact) mass is 449 g/mol. The Hall–Kier alpha value is -2.69. The van der Waals surface area contributed by atoms with Crippen LogP contribution in [0.15, 0.2) is 42.7 Å². The summed E-state index contributed by atoms with van der Waals surface area (Å²) in [7, 11) is -3.43. The molecule has 0 atom stereocenters. The van der Waals surface area contributed by atoms with Crippen molar-refractivity contribution in [2.45, 2.75) is 13.5 Å². The van der Waals surface area contributed by atoms with Crippen LogP contribution in [0.1, 0.15) is 22.8 Å². The van der Waals surface area contributed by atoms with E-state index >= 15 is 0 Å². The van der Waals surface area contributed by atoms with Crippen molar-refractivity contribution in [2.75, 3.05) is 45.2 Å². The minimum atomic E-state index is -3.43. The Morgan fingerprint density at radius 1 is 1.13 bits per heavy atom. The third-order valence-electron chi connectivity index (χ3n) is 4.66. The molecule has 1 aliphatic heterocycles. The third-order valence-corrected chi connectivity index (χ3v) is 6.53. The Balaban J connectivity index is 1.58. The van der Waals surface area contributed by atoms with E-state index in [4.69, 9.17) is 14.2 Å². The fraction of sp³-hybridized carbons (Fsp3) is 0.429. The van der Waals surface area contributed by atoms with E-state index in [0.717, 1.165) is 5.56 Å². The number of carbonyl (C=O) groups excluding carboxylic acids is 1. The fourth-order valence-electron chi connectivity index (χ4n) is 3.03. The molecule has 0 saturated carbocycles. The van der Waals surface area contributed by atoms with Gasteiger partial charge in [0, 0.05) is 37.6 Å². The standard InChI is InChI=1S/C21H27N3O6S/c1-2-29-20-15-18(3-4-19(20)30-16-17-5-7-22-8-6-17)21(25)23-9-14-31(26,27)24-10-12-28-13-11-24/h3-8,15H,2,9-14,16H2,1H3,(H,23,25). The van der Waals surface area contributed by atoms with Crippen LogP contribution < -0.4 is 14.8 Å². The van der Waals surface area contributed by atoms with Crippen LogP contribution in [0.25, 0.3) is 0 Å². The van der Waals surface area contributed by atoms with Gasteiger partial charge in [0.05, 0.1) is 25.6 Å². The molecule has 1 N–H and O–H groups in total. The zero-order valence-electron chi connectivity index (χ0n) is 17.5. The largest absolute Gasteiger partial charge is 0.490 e. The van der Waals surface area contributed by atoms with Crippen molar-refractivity contribution in [1.82, 2.24) is 14.6 Å². The third kappa shape index (κ3) is 6.65. The SMILES string of the molecule is CCOc1cc(C(=O)NCCS(=O)(=O)N2CCOCC2)ccc1OCc1ccncc1. The zero-order chi connectivity index (χ0) is 22.1. The molecule has 0 bridgehead atoms. The second-order valence-electron chi connectivity index (χ2n) is 6.82. The molecule has 9 nitrogen and oxygen atoms in total. The van der Waals surface area contributed by atoms with Crippen molar-refractivity contribution in [3.63, 3.8) is 0 Å². The Morgan fingerprint density at radius 2 is 1.87 bits per heavy atom. The minimum Gasteiger partial charge on any atom is -0.490 e. The summed E-state index contributed by atoms with van der Waals surface area (Å²) in [4.78, 5) is 16.5. The molecule has 1 aliphatic rings. The molecule has 10 heteroatoms. The van der Waals surface area contributed by atoms with E-state index in [0.29, 0.717) is 56.6 Å². The normalized spacial score (nSPS) is 14.7. The van der Waals surface area contributed by atoms with Crippen molar-refractivity contribution in [1.29, 1.82) is 0 Å². The first-order valence-corrected chi connectivity index (χ1v) is 11.7. The van der Waals surface area contributed by atoms with Crippen molar-refractivity contribution in [2.24, 2.45) is 0 Å². The van der Waals surface area contributed by atoms with Crippen molar-refractivity contribution >= 4 is 15.9 Å². The first-order chi connectivity index (χ1) is 15.0. The highest BCUT2D eigenvalue weighted by atomic mass is 32.2. The van der Waals surface area contributed by atoms with Gasteiger partial charge in [-0.1, -0.05) is 0 Å². The number of aromatic nitrogens is 1. The van der Waals surface area contributed by atoms with E-state index in [2.05, 4.69) is 10.3 Å². The lowest BCUT2D eigenvalue weighted by Crippen LogP contribution is -2.43. The number of carbonyl (C=O) groups is 1. The van der Waals surface area contributed by atoms with E-state index in [1.807, 2.05) is 19.1 Å². The van der Waals surface area contributed by atoms with E-state index in [9.17, 15) is 13.2 Å². The van der Waals surface area contributed by atoms with Gasteiger partial charge in [-0.25, -0.2) is 8.42 Å². The van der Waals surface area contributed by atoms with E-state index in [1.165, 1.54) is 4.31 Å². The summed E-state index contributed by atoms with van der Waals surface area (Å²) in [5.74, 6) is 0.429. The molecule has 0 aliphatic carbocycles. The first kappa shape index (κ1) is 23.0. The van der Waals surface area contributed by atoms with Gasteiger partial charge in [-0.2, -0.15) is 4.31 Å². The lowest BCUT2D eigenvalue weighted by atomic mass is 10.2. The quantitative estimate of drug-likeness (QED) is 0.585. The Morgan fingerprint density at radius 3 is 2.58 bits per heavy atom. The van der Waals surface area contributed by atoms with Crippen molar-refractivity contribution in [3.8, 4) is 11.5 Å². The molecule has 2 aromatic rings. The molecule has 1 amide bonds. The van der Waals surface area contributed by atoms with Gasteiger partial charge in [0.1, 0.15) is 6.61 Å². The number of ether oxygens (including phenoxy) is 3. The Labute approximate surface area is 182 Å². The van der Waals surface area contributed by atoms with Crippen LogP contribution in [-0.4, -0.2) is 68.8 Å². The number of hydrogen-bond donors (Lipinski definition) is 1. The molecular weight excluding hydrogens is 422 g/mol. The van der Waals surface area contributed by atoms with Crippen LogP contribution in [0.3, 0.4) is 0 Å². The number of hydrogen-bond acceptors (Lipinski definition) is 7. The van der Waals surface area contributed by atoms with Crippen LogP contribution >= 0.6 is 0 Å². The Kier molecular flexibility index (Phi) is 8.21. The average Bonchev–Trinajstić information content (AvgIpc) is 2.79. The highest BCUT2D eigenvalue weighted by Crippen LogP contribution is 2.29. The molecule has 1 saturated heterocycles. The fourth-order valence-corrected chi connectivity index (χ4v) is 4.35. The van der Waals surface area contributed by atoms with E-state index in [1.54, 1.807) is 30.6 Å². The summed E-state index contributed by atoms with van der Waals surface area (Å²) >= 11 is 0. The summed E-state index contributed by atoms with van der Waals surface area (Å²) in [6, 6.07) is 8.60. The van der Waals surface area contributed by atoms with Gasteiger partial charge in [0.15, 0.2) is 11.5 Å². The smallest absolute Gasteiger partial charge is 0.251 e. The molecule has 1 aromatic carbocycles. The number of nitrogens with one attached hydrogen (secondary N) is 1. The number of benzene rings is 1. The maximum absolute atomic E-state index is 12.5. The average molecular weight is 450 g/mol. The van der Waals surface area contributed by atoms with Crippen LogP contribution in [0, 0.1) is 0 Å². The summed E-state index contributed by atoms with van der Waals surface area (Å²) < 4.78 is 42.7. The van der Waals surface area contributed by atoms with Crippen LogP contribution in [0.2, 0.25) is 0 Å². The molecular formula is C21H27N3O6S. The maximum atomic E-state index is 12.5. The number of pyridine rings is 1. The zero-order valence-corrected chi connectivity index (χ0v) is 18.3. The summed E-state index contributed by atoms with van der Waals surface area (Å²) in [5, 5.41) is 2.66. The molecule has 0 spiro atoms. The van der Waals surface area contributed by atoms with Crippen LogP contribution in [0.5, 0.6) is 11.5 Å². The number of sulfonamides is 1. The second-order valence-corrected chi connectivity index (χ2v) is 8.91. The number of amides is 1. The molecule has 0 radical (unpaired) electrons. The molecule has 2 heterocycles. The van der Waals surface area contributed by atoms with Gasteiger partial charge in [-0.3, -0.25) is 9.78 Å². The van der Waals surface area contributed by atoms with Crippen LogP contribution in [-0.2, 0) is 21.4 Å². The lowest BCUT2D eigenvalue weighted by molar-refractivity contribution is 0.0730. The van der Waals surface area contributed by atoms with Gasteiger partial charge >= 0.3 is 0 Å². The predicted molar refractivity (Wildman–Crippen MR) is 115 cm³/mol. The van der Waals surface area contributed by atoms with Crippen molar-refractivity contribution < 1.29 is 27.4 Å². The lowest BCUT2D eigenvalue weighted by Gasteiger charge is -2.26. The molecule has 3 rings (SSSR count). The molecule has 1 aromatic heterocycles. The predicted octanol–water partition coefficient (Wildman–Crippen LogP) is 1.45. The van der Waals surface area contributed by atoms with Crippen molar-refractivity contribution in [3.05, 3.63) is 53.9 Å². The summed E-state index contributed by atoms with van der Waals surface area (Å²) in [6.07, 6.45) is 3.38. The number of rotatable bonds is 10. The molecule has 168 valence electrons. The highest BCUT2D eigenvalue weighted by Gasteiger charge is 2.24. The minimum absolute atomic E-state index is 0.0167. The van der Waals surface area contributed by atoms with Gasteiger partial charge < -0.3 is 19.5 Å². The topological polar surface area (TPSA) is 107 Å². The summed E-state index contributed by atoms with van der Waals surface area (Å²) in [6.45, 7) is 4.08. The number of morpholine rings is 1. The van der Waals surface area contributed by atoms with Gasteiger partial charge in [-0.05, 0) is 42.8 Å². The first-order valence-electron chi connectivity index (χ1n) is 10.1. The second kappa shape index (κ2) is 11.1. The van der Waals surface area contributed by atoms with Gasteiger partial charge in [0.2, 0.25) is 10.0 Å². The molecule has 0 unspecified atom stereocenters. The Bertz CT molecular complexity index is 962. The molecule has 1 fully saturated rings.